The average molecular weight is 280 g/mol. The van der Waals surface area contributed by atoms with Gasteiger partial charge in [-0.3, -0.25) is 4.79 Å². The molecule has 0 saturated carbocycles. The summed E-state index contributed by atoms with van der Waals surface area (Å²) in [5.74, 6) is -1.81. The van der Waals surface area contributed by atoms with Crippen molar-refractivity contribution in [2.75, 3.05) is 13.2 Å². The third-order valence-electron chi connectivity index (χ3n) is 2.81. The molecule has 104 valence electrons. The van der Waals surface area contributed by atoms with E-state index in [0.717, 1.165) is 4.31 Å². The molecule has 0 aromatic heterocycles. The third kappa shape index (κ3) is 3.10. The molecule has 2 unspecified atom stereocenters. The highest BCUT2D eigenvalue weighted by Crippen LogP contribution is 2.26. The standard InChI is InChI=1S/C9H16N2O6S/c1-3-17-9(14)10-18(15,16)11-5-4-7(6(11)2)8(12)13/h6-7H,3-5H2,1-2H3,(H,10,14)(H,12,13). The van der Waals surface area contributed by atoms with Crippen molar-refractivity contribution in [3.8, 4) is 0 Å². The van der Waals surface area contributed by atoms with Gasteiger partial charge in [-0.2, -0.15) is 12.7 Å². The zero-order valence-electron chi connectivity index (χ0n) is 10.1. The number of hydrogen-bond acceptors (Lipinski definition) is 5. The molecule has 0 spiro atoms. The van der Waals surface area contributed by atoms with Gasteiger partial charge in [-0.1, -0.05) is 0 Å². The number of ether oxygens (including phenoxy) is 1. The second-order valence-corrected chi connectivity index (χ2v) is 5.54. The van der Waals surface area contributed by atoms with Crippen molar-refractivity contribution >= 4 is 22.3 Å². The Morgan fingerprint density at radius 3 is 2.56 bits per heavy atom. The maximum absolute atomic E-state index is 11.8. The summed E-state index contributed by atoms with van der Waals surface area (Å²) >= 11 is 0. The normalized spacial score (nSPS) is 24.8. The van der Waals surface area contributed by atoms with Gasteiger partial charge in [0.2, 0.25) is 0 Å². The SMILES string of the molecule is CCOC(=O)NS(=O)(=O)N1CCC(C(=O)O)C1C. The molecule has 18 heavy (non-hydrogen) atoms. The fraction of sp³-hybridized carbons (Fsp3) is 0.778. The van der Waals surface area contributed by atoms with E-state index in [0.29, 0.717) is 0 Å². The summed E-state index contributed by atoms with van der Waals surface area (Å²) in [5, 5.41) is 8.90. The molecule has 8 nitrogen and oxygen atoms in total. The van der Waals surface area contributed by atoms with Crippen LogP contribution in [-0.4, -0.2) is 49.1 Å². The van der Waals surface area contributed by atoms with E-state index in [9.17, 15) is 18.0 Å². The molecule has 1 aliphatic heterocycles. The zero-order chi connectivity index (χ0) is 13.9. The Morgan fingerprint density at radius 2 is 2.11 bits per heavy atom. The first-order valence-corrected chi connectivity index (χ1v) is 6.92. The van der Waals surface area contributed by atoms with Crippen molar-refractivity contribution in [2.45, 2.75) is 26.3 Å². The van der Waals surface area contributed by atoms with E-state index in [-0.39, 0.29) is 19.6 Å². The van der Waals surface area contributed by atoms with Crippen LogP contribution in [0.3, 0.4) is 0 Å². The monoisotopic (exact) mass is 280 g/mol. The minimum Gasteiger partial charge on any atom is -0.481 e. The number of carbonyl (C=O) groups excluding carboxylic acids is 1. The van der Waals surface area contributed by atoms with Crippen molar-refractivity contribution in [1.29, 1.82) is 0 Å². The van der Waals surface area contributed by atoms with Gasteiger partial charge in [-0.05, 0) is 20.3 Å². The summed E-state index contributed by atoms with van der Waals surface area (Å²) < 4.78 is 30.8. The van der Waals surface area contributed by atoms with Gasteiger partial charge in [-0.25, -0.2) is 9.52 Å². The molecule has 1 fully saturated rings. The van der Waals surface area contributed by atoms with E-state index < -0.39 is 34.2 Å². The van der Waals surface area contributed by atoms with Crippen LogP contribution in [0.25, 0.3) is 0 Å². The van der Waals surface area contributed by atoms with Crippen molar-refractivity contribution in [2.24, 2.45) is 5.92 Å². The van der Waals surface area contributed by atoms with Crippen molar-refractivity contribution < 1.29 is 27.9 Å². The summed E-state index contributed by atoms with van der Waals surface area (Å²) in [6.45, 7) is 3.16. The number of aliphatic carboxylic acids is 1. The van der Waals surface area contributed by atoms with Gasteiger partial charge in [0.1, 0.15) is 0 Å². The summed E-state index contributed by atoms with van der Waals surface area (Å²) in [5.41, 5.74) is 0. The maximum atomic E-state index is 11.8. The number of carboxylic acid groups (broad SMARTS) is 1. The van der Waals surface area contributed by atoms with Gasteiger partial charge in [-0.15, -0.1) is 0 Å². The van der Waals surface area contributed by atoms with E-state index in [2.05, 4.69) is 4.74 Å². The van der Waals surface area contributed by atoms with Gasteiger partial charge in [0.15, 0.2) is 0 Å². The first-order valence-electron chi connectivity index (χ1n) is 5.48. The van der Waals surface area contributed by atoms with Gasteiger partial charge in [0.25, 0.3) is 0 Å². The Balaban J connectivity index is 2.75. The van der Waals surface area contributed by atoms with Crippen LogP contribution in [0.4, 0.5) is 4.79 Å². The van der Waals surface area contributed by atoms with E-state index in [4.69, 9.17) is 5.11 Å². The molecule has 2 N–H and O–H groups in total. The molecule has 1 amide bonds. The molecule has 9 heteroatoms. The van der Waals surface area contributed by atoms with Crippen LogP contribution in [0, 0.1) is 5.92 Å². The Hall–Kier alpha value is -1.35. The first kappa shape index (κ1) is 14.7. The molecule has 1 rings (SSSR count). The molecule has 0 aromatic carbocycles. The Labute approximate surface area is 105 Å². The molecular weight excluding hydrogens is 264 g/mol. The van der Waals surface area contributed by atoms with E-state index in [1.165, 1.54) is 6.92 Å². The number of amides is 1. The van der Waals surface area contributed by atoms with Crippen LogP contribution >= 0.6 is 0 Å². The highest BCUT2D eigenvalue weighted by Gasteiger charge is 2.42. The third-order valence-corrected chi connectivity index (χ3v) is 4.37. The minimum absolute atomic E-state index is 0.0503. The number of hydrogen-bond donors (Lipinski definition) is 2. The molecule has 0 aromatic rings. The smallest absolute Gasteiger partial charge is 0.421 e. The zero-order valence-corrected chi connectivity index (χ0v) is 10.9. The molecule has 1 saturated heterocycles. The van der Waals surface area contributed by atoms with Crippen LogP contribution in [0.1, 0.15) is 20.3 Å². The molecular formula is C9H16N2O6S. The van der Waals surface area contributed by atoms with Crippen molar-refractivity contribution in [3.05, 3.63) is 0 Å². The highest BCUT2D eigenvalue weighted by atomic mass is 32.2. The van der Waals surface area contributed by atoms with Crippen LogP contribution in [0.2, 0.25) is 0 Å². The second-order valence-electron chi connectivity index (χ2n) is 3.91. The van der Waals surface area contributed by atoms with Crippen molar-refractivity contribution in [1.82, 2.24) is 9.03 Å². The fourth-order valence-electron chi connectivity index (χ4n) is 1.91. The molecule has 1 aliphatic rings. The molecule has 0 bridgehead atoms. The van der Waals surface area contributed by atoms with Gasteiger partial charge < -0.3 is 9.84 Å². The van der Waals surface area contributed by atoms with Crippen LogP contribution < -0.4 is 4.72 Å². The highest BCUT2D eigenvalue weighted by molar-refractivity contribution is 7.87. The number of nitrogens with one attached hydrogen (secondary N) is 1. The van der Waals surface area contributed by atoms with Gasteiger partial charge >= 0.3 is 22.3 Å². The number of rotatable bonds is 4. The second kappa shape index (κ2) is 5.53. The van der Waals surface area contributed by atoms with Crippen LogP contribution in [0.5, 0.6) is 0 Å². The molecule has 1 heterocycles. The summed E-state index contributed by atoms with van der Waals surface area (Å²) in [6, 6.07) is -0.700. The number of nitrogens with zero attached hydrogens (tertiary/aromatic N) is 1. The quantitative estimate of drug-likeness (QED) is 0.735. The lowest BCUT2D eigenvalue weighted by Crippen LogP contribution is -2.46. The average Bonchev–Trinajstić information content (AvgIpc) is 2.60. The lowest BCUT2D eigenvalue weighted by molar-refractivity contribution is -0.142. The Bertz CT molecular complexity index is 434. The largest absolute Gasteiger partial charge is 0.481 e. The summed E-state index contributed by atoms with van der Waals surface area (Å²) in [4.78, 5) is 22.0. The molecule has 2 atom stereocenters. The topological polar surface area (TPSA) is 113 Å². The van der Waals surface area contributed by atoms with E-state index >= 15 is 0 Å². The molecule has 0 radical (unpaired) electrons. The lowest BCUT2D eigenvalue weighted by atomic mass is 10.0. The fourth-order valence-corrected chi connectivity index (χ4v) is 3.22. The lowest BCUT2D eigenvalue weighted by Gasteiger charge is -2.22. The first-order chi connectivity index (χ1) is 8.29. The molecule has 0 aliphatic carbocycles. The Kier molecular flexibility index (Phi) is 4.52. The van der Waals surface area contributed by atoms with Gasteiger partial charge in [0.05, 0.1) is 12.5 Å². The summed E-state index contributed by atoms with van der Waals surface area (Å²) in [7, 11) is -4.05. The van der Waals surface area contributed by atoms with Crippen LogP contribution in [0.15, 0.2) is 0 Å². The summed E-state index contributed by atoms with van der Waals surface area (Å²) in [6.07, 6.45) is -0.844. The number of carbonyl (C=O) groups is 2. The predicted molar refractivity (Wildman–Crippen MR) is 61.0 cm³/mol. The van der Waals surface area contributed by atoms with E-state index in [1.54, 1.807) is 11.6 Å². The van der Waals surface area contributed by atoms with Gasteiger partial charge in [0, 0.05) is 12.6 Å². The minimum atomic E-state index is -4.05. The number of carboxylic acids is 1. The van der Waals surface area contributed by atoms with E-state index in [1.807, 2.05) is 0 Å². The Morgan fingerprint density at radius 1 is 1.50 bits per heavy atom. The predicted octanol–water partition coefficient (Wildman–Crippen LogP) is -0.228. The maximum Gasteiger partial charge on any atom is 0.421 e. The van der Waals surface area contributed by atoms with Crippen LogP contribution in [-0.2, 0) is 19.7 Å². The van der Waals surface area contributed by atoms with Crippen molar-refractivity contribution in [3.63, 3.8) is 0 Å².